The first-order valence-corrected chi connectivity index (χ1v) is 15.0. The van der Waals surface area contributed by atoms with Gasteiger partial charge < -0.3 is 19.6 Å². The van der Waals surface area contributed by atoms with E-state index < -0.39 is 28.7 Å². The minimum atomic E-state index is -0.785. The SMILES string of the molecule is C=CCCCCOC(=O)[C@@H]1[C@@H]2CCC3(S2)C(C(=O)N(CC=C)c2cc(C)ccc2C)N([C@@H](CC)CO)C(=O)[C@H]13. The molecule has 39 heavy (non-hydrogen) atoms. The van der Waals surface area contributed by atoms with Crippen molar-refractivity contribution in [3.05, 3.63) is 54.6 Å². The molecule has 3 aliphatic rings. The molecule has 3 heterocycles. The van der Waals surface area contributed by atoms with Gasteiger partial charge in [0.05, 0.1) is 35.8 Å². The number of rotatable bonds is 13. The summed E-state index contributed by atoms with van der Waals surface area (Å²) in [7, 11) is 0. The molecule has 3 saturated heterocycles. The van der Waals surface area contributed by atoms with Crippen LogP contribution in [0.15, 0.2) is 43.5 Å². The molecule has 1 spiro atoms. The molecule has 6 atom stereocenters. The van der Waals surface area contributed by atoms with E-state index in [2.05, 4.69) is 13.2 Å². The standard InChI is InChI=1S/C31H42N2O5S/c1-6-9-10-11-17-38-30(37)25-24-14-15-31(39-24)26(25)28(35)33(22(8-3)19-34)27(31)29(36)32(16-7-2)23-18-20(4)12-13-21(23)5/h6-7,12-13,18,22,24-27,34H,1-2,8-11,14-17,19H2,3-5H3/t22-,24-,25+,26-,27?,31?/m0/s1. The number of unbranched alkanes of at least 4 members (excludes halogenated alkanes) is 2. The smallest absolute Gasteiger partial charge is 0.310 e. The number of thioether (sulfide) groups is 1. The van der Waals surface area contributed by atoms with E-state index in [1.54, 1.807) is 27.6 Å². The molecule has 2 bridgehead atoms. The van der Waals surface area contributed by atoms with Crippen molar-refractivity contribution in [2.45, 2.75) is 81.4 Å². The number of carbonyl (C=O) groups excluding carboxylic acids is 3. The lowest BCUT2D eigenvalue weighted by molar-refractivity contribution is -0.154. The second-order valence-corrected chi connectivity index (χ2v) is 12.6. The van der Waals surface area contributed by atoms with Gasteiger partial charge in [-0.15, -0.1) is 24.9 Å². The van der Waals surface area contributed by atoms with Crippen LogP contribution in [0.25, 0.3) is 0 Å². The van der Waals surface area contributed by atoms with Crippen LogP contribution in [-0.4, -0.2) is 69.6 Å². The molecular weight excluding hydrogens is 512 g/mol. The lowest BCUT2D eigenvalue weighted by atomic mass is 9.71. The molecule has 0 saturated carbocycles. The second kappa shape index (κ2) is 12.3. The van der Waals surface area contributed by atoms with Gasteiger partial charge in [0, 0.05) is 17.5 Å². The summed E-state index contributed by atoms with van der Waals surface area (Å²) < 4.78 is 4.96. The molecular formula is C31H42N2O5S. The van der Waals surface area contributed by atoms with E-state index in [-0.39, 0.29) is 29.6 Å². The molecule has 0 aromatic heterocycles. The molecule has 7 nitrogen and oxygen atoms in total. The van der Waals surface area contributed by atoms with Crippen LogP contribution in [-0.2, 0) is 19.1 Å². The van der Waals surface area contributed by atoms with Crippen LogP contribution in [0.5, 0.6) is 0 Å². The topological polar surface area (TPSA) is 87.2 Å². The van der Waals surface area contributed by atoms with Crippen molar-refractivity contribution in [1.29, 1.82) is 0 Å². The fourth-order valence-electron chi connectivity index (χ4n) is 6.70. The summed E-state index contributed by atoms with van der Waals surface area (Å²) in [6.45, 7) is 13.9. The summed E-state index contributed by atoms with van der Waals surface area (Å²) in [5.74, 6) is -1.95. The Bertz CT molecular complexity index is 1120. The second-order valence-electron chi connectivity index (χ2n) is 11.0. The van der Waals surface area contributed by atoms with Crippen LogP contribution in [0.1, 0.15) is 56.6 Å². The first-order chi connectivity index (χ1) is 18.7. The van der Waals surface area contributed by atoms with Crippen molar-refractivity contribution in [2.24, 2.45) is 11.8 Å². The Labute approximate surface area is 236 Å². The lowest BCUT2D eigenvalue weighted by Gasteiger charge is -2.39. The predicted octanol–water partition coefficient (Wildman–Crippen LogP) is 4.58. The number of ether oxygens (including phenoxy) is 1. The first kappa shape index (κ1) is 29.4. The van der Waals surface area contributed by atoms with Crippen LogP contribution in [0.2, 0.25) is 0 Å². The van der Waals surface area contributed by atoms with Crippen LogP contribution in [0, 0.1) is 25.7 Å². The summed E-state index contributed by atoms with van der Waals surface area (Å²) in [4.78, 5) is 45.6. The van der Waals surface area contributed by atoms with Gasteiger partial charge in [-0.3, -0.25) is 14.4 Å². The number of amides is 2. The predicted molar refractivity (Wildman–Crippen MR) is 156 cm³/mol. The molecule has 3 fully saturated rings. The van der Waals surface area contributed by atoms with Gasteiger partial charge in [-0.2, -0.15) is 0 Å². The maximum Gasteiger partial charge on any atom is 0.310 e. The van der Waals surface area contributed by atoms with Crippen molar-refractivity contribution in [1.82, 2.24) is 4.90 Å². The lowest BCUT2D eigenvalue weighted by Crippen LogP contribution is -2.57. The van der Waals surface area contributed by atoms with E-state index in [1.807, 2.05) is 45.0 Å². The van der Waals surface area contributed by atoms with Gasteiger partial charge in [0.15, 0.2) is 0 Å². The van der Waals surface area contributed by atoms with Gasteiger partial charge in [0.25, 0.3) is 5.91 Å². The molecule has 2 unspecified atom stereocenters. The van der Waals surface area contributed by atoms with Crippen molar-refractivity contribution >= 4 is 35.2 Å². The zero-order valence-corrected chi connectivity index (χ0v) is 24.3. The van der Waals surface area contributed by atoms with Crippen LogP contribution >= 0.6 is 11.8 Å². The number of allylic oxidation sites excluding steroid dienone is 1. The molecule has 2 amide bonds. The van der Waals surface area contributed by atoms with Gasteiger partial charge >= 0.3 is 5.97 Å². The molecule has 4 rings (SSSR count). The number of esters is 1. The Hall–Kier alpha value is -2.58. The van der Waals surface area contributed by atoms with Gasteiger partial charge in [-0.1, -0.05) is 31.2 Å². The maximum atomic E-state index is 14.6. The summed E-state index contributed by atoms with van der Waals surface area (Å²) in [5, 5.41) is 10.2. The quantitative estimate of drug-likeness (QED) is 0.218. The van der Waals surface area contributed by atoms with Crippen molar-refractivity contribution < 1.29 is 24.2 Å². The highest BCUT2D eigenvalue weighted by molar-refractivity contribution is 8.02. The third kappa shape index (κ3) is 5.18. The van der Waals surface area contributed by atoms with Gasteiger partial charge in [-0.05, 0) is 69.6 Å². The van der Waals surface area contributed by atoms with Gasteiger partial charge in [0.1, 0.15) is 6.04 Å². The number of anilines is 1. The molecule has 0 aliphatic carbocycles. The van der Waals surface area contributed by atoms with E-state index in [1.165, 1.54) is 0 Å². The number of fused-ring (bicyclic) bond motifs is 1. The zero-order valence-electron chi connectivity index (χ0n) is 23.4. The Morgan fingerprint density at radius 1 is 1.28 bits per heavy atom. The fraction of sp³-hybridized carbons (Fsp3) is 0.581. The first-order valence-electron chi connectivity index (χ1n) is 14.1. The monoisotopic (exact) mass is 554 g/mol. The van der Waals surface area contributed by atoms with E-state index in [0.29, 0.717) is 26.0 Å². The summed E-state index contributed by atoms with van der Waals surface area (Å²) in [5.41, 5.74) is 2.77. The highest BCUT2D eigenvalue weighted by Gasteiger charge is 2.74. The Balaban J connectivity index is 1.72. The third-order valence-electron chi connectivity index (χ3n) is 8.60. The number of aryl methyl sites for hydroxylation is 2. The highest BCUT2D eigenvalue weighted by atomic mass is 32.2. The van der Waals surface area contributed by atoms with E-state index in [9.17, 15) is 19.5 Å². The van der Waals surface area contributed by atoms with Crippen LogP contribution in [0.3, 0.4) is 0 Å². The van der Waals surface area contributed by atoms with Crippen molar-refractivity contribution in [3.63, 3.8) is 0 Å². The van der Waals surface area contributed by atoms with Gasteiger partial charge in [0.2, 0.25) is 5.91 Å². The largest absolute Gasteiger partial charge is 0.465 e. The molecule has 0 radical (unpaired) electrons. The Kier molecular flexibility index (Phi) is 9.27. The van der Waals surface area contributed by atoms with E-state index in [4.69, 9.17) is 4.74 Å². The van der Waals surface area contributed by atoms with Crippen LogP contribution in [0.4, 0.5) is 5.69 Å². The normalized spacial score (nSPS) is 27.8. The number of aliphatic hydroxyl groups excluding tert-OH is 1. The zero-order chi connectivity index (χ0) is 28.3. The summed E-state index contributed by atoms with van der Waals surface area (Å²) >= 11 is 1.62. The molecule has 3 aliphatic heterocycles. The molecule has 1 N–H and O–H groups in total. The summed E-state index contributed by atoms with van der Waals surface area (Å²) in [6, 6.07) is 4.70. The maximum absolute atomic E-state index is 14.6. The fourth-order valence-corrected chi connectivity index (χ4v) is 8.89. The molecule has 8 heteroatoms. The molecule has 212 valence electrons. The minimum absolute atomic E-state index is 0.0557. The Morgan fingerprint density at radius 3 is 2.72 bits per heavy atom. The number of nitrogens with zero attached hydrogens (tertiary/aromatic N) is 2. The number of likely N-dealkylation sites (tertiary alicyclic amines) is 1. The highest BCUT2D eigenvalue weighted by Crippen LogP contribution is 2.67. The summed E-state index contributed by atoms with van der Waals surface area (Å²) in [6.07, 6.45) is 7.98. The molecule has 1 aromatic rings. The number of hydrogen-bond donors (Lipinski definition) is 1. The van der Waals surface area contributed by atoms with Crippen molar-refractivity contribution in [3.8, 4) is 0 Å². The van der Waals surface area contributed by atoms with Gasteiger partial charge in [-0.25, -0.2) is 0 Å². The number of aliphatic hydroxyl groups is 1. The average molecular weight is 555 g/mol. The number of carbonyl (C=O) groups is 3. The Morgan fingerprint density at radius 2 is 2.05 bits per heavy atom. The minimum Gasteiger partial charge on any atom is -0.465 e. The van der Waals surface area contributed by atoms with E-state index in [0.717, 1.165) is 42.5 Å². The average Bonchev–Trinajstić information content (AvgIpc) is 3.57. The van der Waals surface area contributed by atoms with Crippen LogP contribution < -0.4 is 4.90 Å². The third-order valence-corrected chi connectivity index (χ3v) is 10.6. The number of hydrogen-bond acceptors (Lipinski definition) is 6. The number of benzene rings is 1. The van der Waals surface area contributed by atoms with Crippen molar-refractivity contribution in [2.75, 3.05) is 24.7 Å². The van der Waals surface area contributed by atoms with E-state index >= 15 is 0 Å². The molecule has 1 aromatic carbocycles.